The van der Waals surface area contributed by atoms with Gasteiger partial charge in [0.05, 0.1) is 25.7 Å². The van der Waals surface area contributed by atoms with Crippen molar-refractivity contribution in [2.24, 2.45) is 5.92 Å². The van der Waals surface area contributed by atoms with Crippen molar-refractivity contribution in [1.82, 2.24) is 10.6 Å². The molecule has 0 aromatic carbocycles. The maximum atomic E-state index is 13.3. The second-order valence-electron chi connectivity index (χ2n) is 18.2. The number of rotatable bonds is 49. The number of allylic oxidation sites excluding steroid dienone is 6. The van der Waals surface area contributed by atoms with Crippen LogP contribution >= 0.6 is 7.82 Å². The SMILES string of the molecule is CCCCCCCC/C=C\CCCCCCCC(=O)OCC(COP(=O)(OC)OCCNC(=O)COCCNC(=O)CCC1C(=O)C=CC1=O)OC(=O)CCCCCCC/C=C\CCCCCCCC. The van der Waals surface area contributed by atoms with Gasteiger partial charge in [-0.3, -0.25) is 42.3 Å². The molecule has 0 radical (unpaired) electrons. The van der Waals surface area contributed by atoms with Crippen LogP contribution in [0, 0.1) is 5.92 Å². The van der Waals surface area contributed by atoms with E-state index in [1.54, 1.807) is 0 Å². The smallest absolute Gasteiger partial charge is 0.462 e. The van der Waals surface area contributed by atoms with Gasteiger partial charge in [-0.05, 0) is 82.8 Å². The number of amides is 2. The second-order valence-corrected chi connectivity index (χ2v) is 20.0. The lowest BCUT2D eigenvalue weighted by Gasteiger charge is -2.21. The summed E-state index contributed by atoms with van der Waals surface area (Å²) in [6.45, 7) is 3.31. The summed E-state index contributed by atoms with van der Waals surface area (Å²) in [7, 11) is -3.03. The van der Waals surface area contributed by atoms with Crippen molar-refractivity contribution in [1.29, 1.82) is 0 Å². The van der Waals surface area contributed by atoms with E-state index in [2.05, 4.69) is 48.8 Å². The molecule has 1 aliphatic carbocycles. The standard InChI is InChI=1S/C54H93N2O13P/c1-4-6-8-10-12-14-16-18-20-22-24-26-28-30-32-34-53(61)66-44-47(69-54(62)35-33-31-29-27-25-23-21-19-17-15-13-11-9-7-5-2)45-68-70(63,64-3)67-43-41-56-52(60)46-65-42-40-55-51(59)39-36-48-49(57)37-38-50(48)58/h18-21,37-38,47-48H,4-17,22-36,39-46H2,1-3H3,(H,55,59)(H,56,60)/b20-18-,21-19-. The van der Waals surface area contributed by atoms with E-state index < -0.39 is 44.3 Å². The molecule has 0 aromatic heterocycles. The predicted octanol–water partition coefficient (Wildman–Crippen LogP) is 11.7. The van der Waals surface area contributed by atoms with Gasteiger partial charge in [0.1, 0.15) is 13.2 Å². The molecule has 16 heteroatoms. The third kappa shape index (κ3) is 38.2. The van der Waals surface area contributed by atoms with Gasteiger partial charge in [-0.25, -0.2) is 4.57 Å². The second kappa shape index (κ2) is 45.4. The molecule has 0 aromatic rings. The third-order valence-corrected chi connectivity index (χ3v) is 13.3. The van der Waals surface area contributed by atoms with E-state index in [0.29, 0.717) is 12.8 Å². The van der Waals surface area contributed by atoms with Crippen LogP contribution in [0.3, 0.4) is 0 Å². The first-order valence-electron chi connectivity index (χ1n) is 27.0. The van der Waals surface area contributed by atoms with Crippen LogP contribution in [0.5, 0.6) is 0 Å². The van der Waals surface area contributed by atoms with Crippen LogP contribution < -0.4 is 10.6 Å². The fourth-order valence-corrected chi connectivity index (χ4v) is 8.58. The summed E-state index contributed by atoms with van der Waals surface area (Å²) >= 11 is 0. The highest BCUT2D eigenvalue weighted by Crippen LogP contribution is 2.48. The summed E-state index contributed by atoms with van der Waals surface area (Å²) in [6, 6.07) is 0. The van der Waals surface area contributed by atoms with Gasteiger partial charge in [0.25, 0.3) is 0 Å². The van der Waals surface area contributed by atoms with Crippen molar-refractivity contribution >= 4 is 43.1 Å². The summed E-state index contributed by atoms with van der Waals surface area (Å²) in [4.78, 5) is 73.2. The monoisotopic (exact) mass is 1010 g/mol. The Balaban J connectivity index is 2.44. The minimum Gasteiger partial charge on any atom is -0.462 e. The van der Waals surface area contributed by atoms with Gasteiger partial charge in [-0.15, -0.1) is 0 Å². The quantitative estimate of drug-likeness (QED) is 0.0192. The van der Waals surface area contributed by atoms with Crippen LogP contribution in [0.2, 0.25) is 0 Å². The maximum absolute atomic E-state index is 13.3. The zero-order chi connectivity index (χ0) is 51.2. The molecule has 402 valence electrons. The summed E-state index contributed by atoms with van der Waals surface area (Å²) in [5.74, 6) is -3.12. The zero-order valence-electron chi connectivity index (χ0n) is 43.5. The molecule has 2 atom stereocenters. The highest BCUT2D eigenvalue weighted by molar-refractivity contribution is 7.48. The van der Waals surface area contributed by atoms with E-state index in [-0.39, 0.29) is 82.7 Å². The number of phosphoric ester groups is 1. The van der Waals surface area contributed by atoms with Crippen molar-refractivity contribution in [3.63, 3.8) is 0 Å². The van der Waals surface area contributed by atoms with Crippen LogP contribution in [-0.2, 0) is 61.1 Å². The largest absolute Gasteiger partial charge is 0.474 e. The highest BCUT2D eigenvalue weighted by atomic mass is 31.2. The average Bonchev–Trinajstić information content (AvgIpc) is 3.68. The van der Waals surface area contributed by atoms with Gasteiger partial charge in [0.15, 0.2) is 17.7 Å². The molecule has 2 unspecified atom stereocenters. The Morgan fingerprint density at radius 2 is 1.03 bits per heavy atom. The number of esters is 2. The Morgan fingerprint density at radius 3 is 1.54 bits per heavy atom. The van der Waals surface area contributed by atoms with E-state index in [1.807, 2.05) is 0 Å². The van der Waals surface area contributed by atoms with Crippen molar-refractivity contribution in [2.75, 3.05) is 53.2 Å². The number of ketones is 2. The van der Waals surface area contributed by atoms with Crippen molar-refractivity contribution in [3.8, 4) is 0 Å². The predicted molar refractivity (Wildman–Crippen MR) is 275 cm³/mol. The molecule has 1 aliphatic rings. The summed E-state index contributed by atoms with van der Waals surface area (Å²) in [5.41, 5.74) is 0. The van der Waals surface area contributed by atoms with Gasteiger partial charge in [0, 0.05) is 39.5 Å². The van der Waals surface area contributed by atoms with Crippen LogP contribution in [0.1, 0.15) is 206 Å². The number of nitrogens with one attached hydrogen (secondary N) is 2. The van der Waals surface area contributed by atoms with E-state index in [9.17, 15) is 33.3 Å². The van der Waals surface area contributed by atoms with Gasteiger partial charge < -0.3 is 24.8 Å². The summed E-state index contributed by atoms with van der Waals surface area (Å²) < 4.78 is 45.6. The molecular weight excluding hydrogens is 916 g/mol. The minimum absolute atomic E-state index is 0.00897. The van der Waals surface area contributed by atoms with E-state index in [0.717, 1.165) is 84.2 Å². The molecule has 0 spiro atoms. The Kier molecular flexibility index (Phi) is 41.8. The molecule has 0 aliphatic heterocycles. The van der Waals surface area contributed by atoms with Crippen molar-refractivity contribution in [2.45, 2.75) is 213 Å². The van der Waals surface area contributed by atoms with Crippen LogP contribution in [0.15, 0.2) is 36.5 Å². The average molecular weight is 1010 g/mol. The van der Waals surface area contributed by atoms with Crippen LogP contribution in [-0.4, -0.2) is 94.7 Å². The van der Waals surface area contributed by atoms with Gasteiger partial charge in [-0.2, -0.15) is 0 Å². The number of carbonyl (C=O) groups excluding carboxylic acids is 6. The number of ether oxygens (including phenoxy) is 3. The molecule has 15 nitrogen and oxygen atoms in total. The topological polar surface area (TPSA) is 199 Å². The molecule has 2 amide bonds. The minimum atomic E-state index is -4.17. The number of phosphoric acid groups is 1. The fraction of sp³-hybridized carbons (Fsp3) is 0.778. The zero-order valence-corrected chi connectivity index (χ0v) is 44.4. The van der Waals surface area contributed by atoms with Gasteiger partial charge in [-0.1, -0.05) is 141 Å². The lowest BCUT2D eigenvalue weighted by molar-refractivity contribution is -0.161. The van der Waals surface area contributed by atoms with Crippen molar-refractivity contribution in [3.05, 3.63) is 36.5 Å². The first-order valence-corrected chi connectivity index (χ1v) is 28.5. The lowest BCUT2D eigenvalue weighted by Crippen LogP contribution is -2.33. The first kappa shape index (κ1) is 64.5. The molecule has 0 bridgehead atoms. The number of hydrogen-bond donors (Lipinski definition) is 2. The van der Waals surface area contributed by atoms with Gasteiger partial charge >= 0.3 is 19.8 Å². The van der Waals surface area contributed by atoms with Gasteiger partial charge in [0.2, 0.25) is 11.8 Å². The van der Waals surface area contributed by atoms with E-state index in [1.165, 1.54) is 89.2 Å². The summed E-state index contributed by atoms with van der Waals surface area (Å²) in [5, 5.41) is 5.16. The number of unbranched alkanes of at least 4 members (excludes halogenated alkanes) is 22. The molecule has 0 saturated carbocycles. The normalized spacial score (nSPS) is 14.2. The molecule has 0 heterocycles. The van der Waals surface area contributed by atoms with E-state index >= 15 is 0 Å². The van der Waals surface area contributed by atoms with E-state index in [4.69, 9.17) is 27.8 Å². The molecule has 0 fully saturated rings. The molecule has 2 N–H and O–H groups in total. The Morgan fingerprint density at radius 1 is 0.571 bits per heavy atom. The van der Waals surface area contributed by atoms with Crippen molar-refractivity contribution < 1.29 is 61.1 Å². The Hall–Kier alpha value is -3.49. The molecule has 70 heavy (non-hydrogen) atoms. The van der Waals surface area contributed by atoms with Crippen LogP contribution in [0.4, 0.5) is 0 Å². The third-order valence-electron chi connectivity index (χ3n) is 11.9. The molecule has 1 rings (SSSR count). The number of carbonyl (C=O) groups is 6. The Labute approximate surface area is 421 Å². The molecule has 0 saturated heterocycles. The summed E-state index contributed by atoms with van der Waals surface area (Å²) in [6.07, 6.45) is 40.9. The highest BCUT2D eigenvalue weighted by Gasteiger charge is 2.29. The number of hydrogen-bond acceptors (Lipinski definition) is 13. The Bertz CT molecular complexity index is 1530. The maximum Gasteiger partial charge on any atom is 0.474 e. The first-order chi connectivity index (χ1) is 34.0. The van der Waals surface area contributed by atoms with Crippen LogP contribution in [0.25, 0.3) is 0 Å². The fourth-order valence-electron chi connectivity index (χ4n) is 7.63. The molecular formula is C54H93N2O13P. The lowest BCUT2D eigenvalue weighted by atomic mass is 9.99.